The van der Waals surface area contributed by atoms with Crippen LogP contribution in [0.15, 0.2) is 0 Å². The van der Waals surface area contributed by atoms with Gasteiger partial charge in [0.25, 0.3) is 0 Å². The van der Waals surface area contributed by atoms with Gasteiger partial charge in [-0.05, 0) is 6.42 Å². The molecule has 0 aromatic heterocycles. The van der Waals surface area contributed by atoms with Crippen molar-refractivity contribution in [3.63, 3.8) is 0 Å². The number of ether oxygens (including phenoxy) is 1. The molecule has 0 aromatic rings. The van der Waals surface area contributed by atoms with E-state index in [0.29, 0.717) is 25.5 Å². The Kier molecular flexibility index (Phi) is 11.0. The van der Waals surface area contributed by atoms with Crippen LogP contribution >= 0.6 is 11.6 Å². The molecule has 1 amide bonds. The van der Waals surface area contributed by atoms with Crippen LogP contribution in [0.5, 0.6) is 0 Å². The first-order valence-electron chi connectivity index (χ1n) is 8.73. The van der Waals surface area contributed by atoms with Crippen molar-refractivity contribution in [2.24, 2.45) is 0 Å². The number of nitrogens with zero attached hydrogens (tertiary/aromatic N) is 1. The SMILES string of the molecule is CCCCCCCCCCCC(=O)N1CCOC(CCl)C1. The maximum atomic E-state index is 12.1. The van der Waals surface area contributed by atoms with Crippen LogP contribution in [-0.4, -0.2) is 42.5 Å². The lowest BCUT2D eigenvalue weighted by Gasteiger charge is -2.32. The highest BCUT2D eigenvalue weighted by Gasteiger charge is 2.22. The molecule has 3 nitrogen and oxygen atoms in total. The fraction of sp³-hybridized carbons (Fsp3) is 0.941. The van der Waals surface area contributed by atoms with Crippen molar-refractivity contribution in [1.29, 1.82) is 0 Å². The molecule has 1 rings (SSSR count). The summed E-state index contributed by atoms with van der Waals surface area (Å²) in [4.78, 5) is 14.0. The molecule has 0 radical (unpaired) electrons. The van der Waals surface area contributed by atoms with Gasteiger partial charge in [0.15, 0.2) is 0 Å². The standard InChI is InChI=1S/C17H32ClNO2/c1-2-3-4-5-6-7-8-9-10-11-17(20)19-12-13-21-16(14-18)15-19/h16H,2-15H2,1H3. The molecule has 124 valence electrons. The summed E-state index contributed by atoms with van der Waals surface area (Å²) < 4.78 is 5.48. The number of unbranched alkanes of at least 4 members (excludes halogenated alkanes) is 8. The summed E-state index contributed by atoms with van der Waals surface area (Å²) in [6.07, 6.45) is 12.3. The fourth-order valence-electron chi connectivity index (χ4n) is 2.78. The number of alkyl halides is 1. The summed E-state index contributed by atoms with van der Waals surface area (Å²) in [7, 11) is 0. The van der Waals surface area contributed by atoms with E-state index in [2.05, 4.69) is 6.92 Å². The molecule has 1 unspecified atom stereocenters. The highest BCUT2D eigenvalue weighted by Crippen LogP contribution is 2.13. The van der Waals surface area contributed by atoms with Crippen LogP contribution in [0.3, 0.4) is 0 Å². The van der Waals surface area contributed by atoms with Crippen LogP contribution in [0.2, 0.25) is 0 Å². The molecule has 1 fully saturated rings. The summed E-state index contributed by atoms with van der Waals surface area (Å²) in [5, 5.41) is 0. The summed E-state index contributed by atoms with van der Waals surface area (Å²) in [5.41, 5.74) is 0. The molecule has 0 saturated carbocycles. The van der Waals surface area contributed by atoms with Gasteiger partial charge in [0.2, 0.25) is 5.91 Å². The Balaban J connectivity index is 1.96. The van der Waals surface area contributed by atoms with Crippen molar-refractivity contribution in [1.82, 2.24) is 4.90 Å². The summed E-state index contributed by atoms with van der Waals surface area (Å²) in [6.45, 7) is 4.27. The molecule has 0 aromatic carbocycles. The van der Waals surface area contributed by atoms with Crippen molar-refractivity contribution >= 4 is 17.5 Å². The number of hydrogen-bond donors (Lipinski definition) is 0. The Bertz CT molecular complexity index is 274. The molecular formula is C17H32ClNO2. The monoisotopic (exact) mass is 317 g/mol. The maximum Gasteiger partial charge on any atom is 0.222 e. The van der Waals surface area contributed by atoms with E-state index in [1.807, 2.05) is 4.90 Å². The lowest BCUT2D eigenvalue weighted by Crippen LogP contribution is -2.46. The minimum atomic E-state index is 0.0208. The van der Waals surface area contributed by atoms with Crippen LogP contribution in [0, 0.1) is 0 Å². The van der Waals surface area contributed by atoms with Gasteiger partial charge < -0.3 is 9.64 Å². The second kappa shape index (κ2) is 12.3. The van der Waals surface area contributed by atoms with Crippen LogP contribution in [0.1, 0.15) is 71.1 Å². The Labute approximate surface area is 135 Å². The zero-order valence-corrected chi connectivity index (χ0v) is 14.4. The first-order chi connectivity index (χ1) is 10.3. The minimum Gasteiger partial charge on any atom is -0.373 e. The molecule has 1 aliphatic heterocycles. The first-order valence-corrected chi connectivity index (χ1v) is 9.26. The number of hydrogen-bond acceptors (Lipinski definition) is 2. The number of halogens is 1. The van der Waals surface area contributed by atoms with Gasteiger partial charge in [0.1, 0.15) is 0 Å². The third-order valence-electron chi connectivity index (χ3n) is 4.16. The number of amides is 1. The normalized spacial score (nSPS) is 19.0. The molecule has 1 heterocycles. The predicted octanol–water partition coefficient (Wildman–Crippen LogP) is 4.37. The molecule has 0 aliphatic carbocycles. The van der Waals surface area contributed by atoms with Gasteiger partial charge in [0.05, 0.1) is 18.6 Å². The summed E-state index contributed by atoms with van der Waals surface area (Å²) >= 11 is 5.79. The smallest absolute Gasteiger partial charge is 0.222 e. The van der Waals surface area contributed by atoms with Crippen LogP contribution in [0.25, 0.3) is 0 Å². The van der Waals surface area contributed by atoms with Gasteiger partial charge in [0, 0.05) is 19.5 Å². The second-order valence-corrected chi connectivity index (χ2v) is 6.37. The molecular weight excluding hydrogens is 286 g/mol. The van der Waals surface area contributed by atoms with Gasteiger partial charge >= 0.3 is 0 Å². The van der Waals surface area contributed by atoms with Gasteiger partial charge in [-0.15, -0.1) is 11.6 Å². The molecule has 0 N–H and O–H groups in total. The lowest BCUT2D eigenvalue weighted by atomic mass is 10.1. The van der Waals surface area contributed by atoms with Crippen LogP contribution < -0.4 is 0 Å². The highest BCUT2D eigenvalue weighted by molar-refractivity contribution is 6.18. The highest BCUT2D eigenvalue weighted by atomic mass is 35.5. The zero-order valence-electron chi connectivity index (χ0n) is 13.6. The summed E-state index contributed by atoms with van der Waals surface area (Å²) in [6, 6.07) is 0. The van der Waals surface area contributed by atoms with E-state index in [4.69, 9.17) is 16.3 Å². The predicted molar refractivity (Wildman–Crippen MR) is 88.9 cm³/mol. The van der Waals surface area contributed by atoms with E-state index in [1.165, 1.54) is 51.4 Å². The van der Waals surface area contributed by atoms with Crippen molar-refractivity contribution in [3.8, 4) is 0 Å². The maximum absolute atomic E-state index is 12.1. The van der Waals surface area contributed by atoms with E-state index in [9.17, 15) is 4.79 Å². The molecule has 0 bridgehead atoms. The molecule has 1 saturated heterocycles. The van der Waals surface area contributed by atoms with Crippen molar-refractivity contribution in [3.05, 3.63) is 0 Å². The Morgan fingerprint density at radius 3 is 2.33 bits per heavy atom. The van der Waals surface area contributed by atoms with E-state index < -0.39 is 0 Å². The van der Waals surface area contributed by atoms with Crippen LogP contribution in [-0.2, 0) is 9.53 Å². The Morgan fingerprint density at radius 2 is 1.71 bits per heavy atom. The van der Waals surface area contributed by atoms with E-state index in [-0.39, 0.29) is 12.0 Å². The van der Waals surface area contributed by atoms with Gasteiger partial charge in [-0.2, -0.15) is 0 Å². The van der Waals surface area contributed by atoms with E-state index >= 15 is 0 Å². The first kappa shape index (κ1) is 18.8. The van der Waals surface area contributed by atoms with Gasteiger partial charge in [-0.25, -0.2) is 0 Å². The second-order valence-electron chi connectivity index (χ2n) is 6.07. The largest absolute Gasteiger partial charge is 0.373 e. The fourth-order valence-corrected chi connectivity index (χ4v) is 2.97. The average Bonchev–Trinajstić information content (AvgIpc) is 2.53. The molecule has 4 heteroatoms. The minimum absolute atomic E-state index is 0.0208. The number of carbonyl (C=O) groups excluding carboxylic acids is 1. The molecule has 0 spiro atoms. The van der Waals surface area contributed by atoms with Crippen molar-refractivity contribution in [2.45, 2.75) is 77.2 Å². The Hall–Kier alpha value is -0.280. The van der Waals surface area contributed by atoms with E-state index in [0.717, 1.165) is 13.0 Å². The van der Waals surface area contributed by atoms with Crippen LogP contribution in [0.4, 0.5) is 0 Å². The zero-order chi connectivity index (χ0) is 15.3. The van der Waals surface area contributed by atoms with Crippen molar-refractivity contribution in [2.75, 3.05) is 25.6 Å². The number of carbonyl (C=O) groups is 1. The summed E-state index contributed by atoms with van der Waals surface area (Å²) in [5.74, 6) is 0.748. The topological polar surface area (TPSA) is 29.5 Å². The molecule has 1 aliphatic rings. The average molecular weight is 318 g/mol. The third-order valence-corrected chi connectivity index (χ3v) is 4.50. The third kappa shape index (κ3) is 8.67. The lowest BCUT2D eigenvalue weighted by molar-refractivity contribution is -0.138. The molecule has 1 atom stereocenters. The van der Waals surface area contributed by atoms with Crippen molar-refractivity contribution < 1.29 is 9.53 Å². The number of rotatable bonds is 11. The van der Waals surface area contributed by atoms with Gasteiger partial charge in [-0.3, -0.25) is 4.79 Å². The number of morpholine rings is 1. The quantitative estimate of drug-likeness (QED) is 0.418. The van der Waals surface area contributed by atoms with Gasteiger partial charge in [-0.1, -0.05) is 58.3 Å². The molecule has 21 heavy (non-hydrogen) atoms. The van der Waals surface area contributed by atoms with E-state index in [1.54, 1.807) is 0 Å². The Morgan fingerprint density at radius 1 is 1.10 bits per heavy atom.